The zero-order chi connectivity index (χ0) is 16.9. The summed E-state index contributed by atoms with van der Waals surface area (Å²) in [4.78, 5) is 12.2. The first-order valence-corrected chi connectivity index (χ1v) is 7.62. The van der Waals surface area contributed by atoms with Gasteiger partial charge in [0.05, 0.1) is 7.11 Å². The smallest absolute Gasteiger partial charge is 0.261 e. The molecule has 0 spiro atoms. The molecular weight excluding hydrogens is 310 g/mol. The number of benzene rings is 2. The lowest BCUT2D eigenvalue weighted by molar-refractivity contribution is -0.127. The molecule has 0 aliphatic carbocycles. The summed E-state index contributed by atoms with van der Waals surface area (Å²) in [6.45, 7) is 2.33. The molecule has 2 aromatic carbocycles. The first-order valence-electron chi connectivity index (χ1n) is 7.62. The second kappa shape index (κ2) is 7.12. The quantitative estimate of drug-likeness (QED) is 0.882. The molecule has 0 aromatic heterocycles. The Morgan fingerprint density at radius 3 is 2.79 bits per heavy atom. The first-order chi connectivity index (χ1) is 11.7. The van der Waals surface area contributed by atoms with Crippen LogP contribution in [0, 0.1) is 0 Å². The largest absolute Gasteiger partial charge is 0.497 e. The van der Waals surface area contributed by atoms with Crippen molar-refractivity contribution in [1.29, 1.82) is 0 Å². The van der Waals surface area contributed by atoms with Gasteiger partial charge in [0.15, 0.2) is 17.6 Å². The maximum absolute atomic E-state index is 12.2. The number of methoxy groups -OCH3 is 1. The topological polar surface area (TPSA) is 66.0 Å². The van der Waals surface area contributed by atoms with Gasteiger partial charge in [0, 0.05) is 12.6 Å². The van der Waals surface area contributed by atoms with E-state index in [1.807, 2.05) is 30.3 Å². The predicted octanol–water partition coefficient (Wildman–Crippen LogP) is 2.51. The lowest BCUT2D eigenvalue weighted by Gasteiger charge is -2.15. The Morgan fingerprint density at radius 2 is 1.96 bits per heavy atom. The number of fused-ring (bicyclic) bond motifs is 1. The molecule has 2 aromatic rings. The highest BCUT2D eigenvalue weighted by Gasteiger charge is 2.16. The van der Waals surface area contributed by atoms with Crippen molar-refractivity contribution in [2.75, 3.05) is 13.9 Å². The number of rotatable bonds is 6. The van der Waals surface area contributed by atoms with E-state index in [0.717, 1.165) is 11.3 Å². The van der Waals surface area contributed by atoms with Crippen LogP contribution in [-0.4, -0.2) is 25.9 Å². The molecule has 6 heteroatoms. The van der Waals surface area contributed by atoms with Gasteiger partial charge in [0.25, 0.3) is 5.91 Å². The second-order valence-corrected chi connectivity index (χ2v) is 5.34. The van der Waals surface area contributed by atoms with Gasteiger partial charge in [-0.1, -0.05) is 12.1 Å². The number of carbonyl (C=O) groups excluding carboxylic acids is 1. The summed E-state index contributed by atoms with van der Waals surface area (Å²) in [5.74, 6) is 2.48. The number of ether oxygens (including phenoxy) is 4. The van der Waals surface area contributed by atoms with Crippen molar-refractivity contribution in [1.82, 2.24) is 5.32 Å². The molecule has 0 saturated carbocycles. The molecule has 126 valence electrons. The monoisotopic (exact) mass is 329 g/mol. The van der Waals surface area contributed by atoms with Gasteiger partial charge in [-0.15, -0.1) is 0 Å². The summed E-state index contributed by atoms with van der Waals surface area (Å²) < 4.78 is 21.4. The van der Waals surface area contributed by atoms with Crippen LogP contribution < -0.4 is 24.3 Å². The lowest BCUT2D eigenvalue weighted by atomic mass is 10.2. The summed E-state index contributed by atoms with van der Waals surface area (Å²) in [5.41, 5.74) is 0.932. The fourth-order valence-corrected chi connectivity index (χ4v) is 2.32. The van der Waals surface area contributed by atoms with E-state index in [2.05, 4.69) is 5.32 Å². The van der Waals surface area contributed by atoms with E-state index < -0.39 is 6.10 Å². The molecule has 6 nitrogen and oxygen atoms in total. The summed E-state index contributed by atoms with van der Waals surface area (Å²) in [6, 6.07) is 12.7. The van der Waals surface area contributed by atoms with E-state index in [4.69, 9.17) is 18.9 Å². The number of hydrogen-bond acceptors (Lipinski definition) is 5. The van der Waals surface area contributed by atoms with E-state index in [9.17, 15) is 4.79 Å². The minimum absolute atomic E-state index is 0.199. The minimum Gasteiger partial charge on any atom is -0.497 e. The highest BCUT2D eigenvalue weighted by molar-refractivity contribution is 5.80. The van der Waals surface area contributed by atoms with E-state index >= 15 is 0 Å². The van der Waals surface area contributed by atoms with Crippen LogP contribution in [0.15, 0.2) is 42.5 Å². The summed E-state index contributed by atoms with van der Waals surface area (Å²) in [5, 5.41) is 2.85. The molecular formula is C18H19NO5. The molecule has 0 unspecified atom stereocenters. The average Bonchev–Trinajstić information content (AvgIpc) is 3.07. The highest BCUT2D eigenvalue weighted by Crippen LogP contribution is 2.32. The normalized spacial score (nSPS) is 13.2. The van der Waals surface area contributed by atoms with Crippen molar-refractivity contribution in [3.8, 4) is 23.0 Å². The zero-order valence-electron chi connectivity index (χ0n) is 13.6. The predicted molar refractivity (Wildman–Crippen MR) is 87.5 cm³/mol. The first kappa shape index (κ1) is 16.0. The maximum atomic E-state index is 12.2. The van der Waals surface area contributed by atoms with Crippen LogP contribution in [0.1, 0.15) is 12.5 Å². The summed E-state index contributed by atoms with van der Waals surface area (Å²) >= 11 is 0. The maximum Gasteiger partial charge on any atom is 0.261 e. The van der Waals surface area contributed by atoms with Crippen molar-refractivity contribution in [3.05, 3.63) is 48.0 Å². The third-order valence-electron chi connectivity index (χ3n) is 3.63. The zero-order valence-corrected chi connectivity index (χ0v) is 13.6. The van der Waals surface area contributed by atoms with E-state index in [-0.39, 0.29) is 12.7 Å². The third kappa shape index (κ3) is 3.71. The molecule has 3 rings (SSSR count). The highest BCUT2D eigenvalue weighted by atomic mass is 16.7. The van der Waals surface area contributed by atoms with E-state index in [1.54, 1.807) is 26.2 Å². The third-order valence-corrected chi connectivity index (χ3v) is 3.63. The van der Waals surface area contributed by atoms with Crippen molar-refractivity contribution in [3.63, 3.8) is 0 Å². The van der Waals surface area contributed by atoms with Gasteiger partial charge in [-0.2, -0.15) is 0 Å². The second-order valence-electron chi connectivity index (χ2n) is 5.34. The van der Waals surface area contributed by atoms with Crippen LogP contribution in [0.3, 0.4) is 0 Å². The van der Waals surface area contributed by atoms with Gasteiger partial charge in [0.1, 0.15) is 11.5 Å². The van der Waals surface area contributed by atoms with Crippen LogP contribution in [0.2, 0.25) is 0 Å². The van der Waals surface area contributed by atoms with Crippen LogP contribution in [0.25, 0.3) is 0 Å². The SMILES string of the molecule is COc1cccc(O[C@H](C)C(=O)NCc2ccc3c(c2)OCO3)c1. The Hall–Kier alpha value is -2.89. The van der Waals surface area contributed by atoms with E-state index in [1.165, 1.54) is 0 Å². The molecule has 0 bridgehead atoms. The van der Waals surface area contributed by atoms with Gasteiger partial charge in [-0.05, 0) is 36.8 Å². The Kier molecular flexibility index (Phi) is 4.74. The van der Waals surface area contributed by atoms with Gasteiger partial charge >= 0.3 is 0 Å². The fraction of sp³-hybridized carbons (Fsp3) is 0.278. The number of amides is 1. The number of carbonyl (C=O) groups is 1. The molecule has 24 heavy (non-hydrogen) atoms. The molecule has 0 saturated heterocycles. The Bertz CT molecular complexity index is 731. The molecule has 1 atom stereocenters. The molecule has 1 N–H and O–H groups in total. The van der Waals surface area contributed by atoms with Gasteiger partial charge < -0.3 is 24.3 Å². The molecule has 1 amide bonds. The van der Waals surface area contributed by atoms with Crippen LogP contribution >= 0.6 is 0 Å². The molecule has 1 aliphatic rings. The van der Waals surface area contributed by atoms with Crippen LogP contribution in [-0.2, 0) is 11.3 Å². The van der Waals surface area contributed by atoms with Crippen molar-refractivity contribution in [2.24, 2.45) is 0 Å². The number of hydrogen-bond donors (Lipinski definition) is 1. The standard InChI is InChI=1S/C18H19NO5/c1-12(24-15-5-3-4-14(9-15)21-2)18(20)19-10-13-6-7-16-17(8-13)23-11-22-16/h3-9,12H,10-11H2,1-2H3,(H,19,20)/t12-/m1/s1. The molecule has 0 fully saturated rings. The Labute approximate surface area is 140 Å². The van der Waals surface area contributed by atoms with Crippen LogP contribution in [0.4, 0.5) is 0 Å². The van der Waals surface area contributed by atoms with Gasteiger partial charge in [-0.25, -0.2) is 0 Å². The molecule has 1 heterocycles. The van der Waals surface area contributed by atoms with Crippen LogP contribution in [0.5, 0.6) is 23.0 Å². The van der Waals surface area contributed by atoms with Gasteiger partial charge in [-0.3, -0.25) is 4.79 Å². The lowest BCUT2D eigenvalue weighted by Crippen LogP contribution is -2.35. The van der Waals surface area contributed by atoms with Crippen molar-refractivity contribution < 1.29 is 23.7 Å². The van der Waals surface area contributed by atoms with Gasteiger partial charge in [0.2, 0.25) is 6.79 Å². The van der Waals surface area contributed by atoms with Crippen molar-refractivity contribution in [2.45, 2.75) is 19.6 Å². The average molecular weight is 329 g/mol. The minimum atomic E-state index is -0.619. The Balaban J connectivity index is 1.54. The summed E-state index contributed by atoms with van der Waals surface area (Å²) in [7, 11) is 1.58. The molecule has 0 radical (unpaired) electrons. The number of nitrogens with one attached hydrogen (secondary N) is 1. The van der Waals surface area contributed by atoms with E-state index in [0.29, 0.717) is 23.8 Å². The summed E-state index contributed by atoms with van der Waals surface area (Å²) in [6.07, 6.45) is -0.619. The Morgan fingerprint density at radius 1 is 1.17 bits per heavy atom. The fourth-order valence-electron chi connectivity index (χ4n) is 2.32. The molecule has 1 aliphatic heterocycles. The van der Waals surface area contributed by atoms with Crippen molar-refractivity contribution >= 4 is 5.91 Å².